The minimum absolute atomic E-state index is 0.835. The molecule has 0 aromatic carbocycles. The maximum atomic E-state index is 2.75. The van der Waals surface area contributed by atoms with E-state index >= 15 is 0 Å². The molecule has 0 bridgehead atoms. The van der Waals surface area contributed by atoms with Gasteiger partial charge in [0.05, 0.1) is 0 Å². The zero-order chi connectivity index (χ0) is 16.9. The van der Waals surface area contributed by atoms with Crippen LogP contribution in [0.3, 0.4) is 0 Å². The van der Waals surface area contributed by atoms with Crippen molar-refractivity contribution in [3.8, 4) is 0 Å². The van der Waals surface area contributed by atoms with E-state index < -0.39 is 0 Å². The number of piperidine rings is 1. The lowest BCUT2D eigenvalue weighted by Gasteiger charge is -2.27. The Hall–Kier alpha value is -0.0800. The average molecular weight is 325 g/mol. The van der Waals surface area contributed by atoms with Gasteiger partial charge in [0.1, 0.15) is 0 Å². The minimum Gasteiger partial charge on any atom is -0.303 e. The van der Waals surface area contributed by atoms with Crippen LogP contribution in [0.5, 0.6) is 0 Å². The molecule has 0 aliphatic carbocycles. The molecule has 1 aliphatic heterocycles. The summed E-state index contributed by atoms with van der Waals surface area (Å²) in [5.41, 5.74) is 0. The maximum absolute atomic E-state index is 2.75. The maximum Gasteiger partial charge on any atom is -0.00163 e. The number of rotatable bonds is 13. The number of hydrogen-bond acceptors (Lipinski definition) is 2. The molecule has 2 nitrogen and oxygen atoms in total. The van der Waals surface area contributed by atoms with Crippen LogP contribution in [-0.4, -0.2) is 49.1 Å². The Balaban J connectivity index is 2.13. The predicted molar refractivity (Wildman–Crippen MR) is 104 cm³/mol. The van der Waals surface area contributed by atoms with Crippen LogP contribution in [0.15, 0.2) is 0 Å². The SMILES string of the molecule is CC(C)CCCCN(CCCCN1CCCCC1)CCC(C)C. The van der Waals surface area contributed by atoms with E-state index in [4.69, 9.17) is 0 Å². The average Bonchev–Trinajstić information content (AvgIpc) is 2.52. The molecular weight excluding hydrogens is 280 g/mol. The summed E-state index contributed by atoms with van der Waals surface area (Å²) < 4.78 is 0. The van der Waals surface area contributed by atoms with Crippen molar-refractivity contribution < 1.29 is 0 Å². The van der Waals surface area contributed by atoms with Crippen molar-refractivity contribution in [2.45, 2.75) is 85.5 Å². The fraction of sp³-hybridized carbons (Fsp3) is 1.00. The molecule has 0 amide bonds. The van der Waals surface area contributed by atoms with E-state index in [1.165, 1.54) is 97.1 Å². The van der Waals surface area contributed by atoms with Gasteiger partial charge in [-0.25, -0.2) is 0 Å². The van der Waals surface area contributed by atoms with Gasteiger partial charge < -0.3 is 9.80 Å². The van der Waals surface area contributed by atoms with Gasteiger partial charge in [-0.3, -0.25) is 0 Å². The van der Waals surface area contributed by atoms with Gasteiger partial charge in [0.25, 0.3) is 0 Å². The van der Waals surface area contributed by atoms with Crippen molar-refractivity contribution in [1.82, 2.24) is 9.80 Å². The highest BCUT2D eigenvalue weighted by atomic mass is 15.1. The van der Waals surface area contributed by atoms with Crippen LogP contribution in [0.4, 0.5) is 0 Å². The van der Waals surface area contributed by atoms with Gasteiger partial charge in [-0.1, -0.05) is 47.0 Å². The summed E-state index contributed by atoms with van der Waals surface area (Å²) in [5.74, 6) is 1.70. The van der Waals surface area contributed by atoms with Crippen molar-refractivity contribution in [2.75, 3.05) is 39.3 Å². The molecule has 138 valence electrons. The Bertz CT molecular complexity index is 257. The van der Waals surface area contributed by atoms with Gasteiger partial charge >= 0.3 is 0 Å². The molecule has 1 saturated heterocycles. The summed E-state index contributed by atoms with van der Waals surface area (Å²) >= 11 is 0. The van der Waals surface area contributed by atoms with Gasteiger partial charge in [0.2, 0.25) is 0 Å². The molecule has 23 heavy (non-hydrogen) atoms. The van der Waals surface area contributed by atoms with Crippen molar-refractivity contribution in [2.24, 2.45) is 11.8 Å². The van der Waals surface area contributed by atoms with Gasteiger partial charge in [-0.2, -0.15) is 0 Å². The van der Waals surface area contributed by atoms with E-state index in [-0.39, 0.29) is 0 Å². The zero-order valence-corrected chi connectivity index (χ0v) is 16.7. The highest BCUT2D eigenvalue weighted by molar-refractivity contribution is 4.66. The monoisotopic (exact) mass is 324 g/mol. The fourth-order valence-corrected chi connectivity index (χ4v) is 3.52. The van der Waals surface area contributed by atoms with Crippen LogP contribution < -0.4 is 0 Å². The third-order valence-corrected chi connectivity index (χ3v) is 5.18. The molecule has 2 heteroatoms. The Morgan fingerprint density at radius 3 is 1.91 bits per heavy atom. The first-order chi connectivity index (χ1) is 11.1. The third kappa shape index (κ3) is 12.0. The van der Waals surface area contributed by atoms with Gasteiger partial charge in [-0.15, -0.1) is 0 Å². The smallest absolute Gasteiger partial charge is 0.00163 e. The summed E-state index contributed by atoms with van der Waals surface area (Å²) in [6, 6.07) is 0. The second kappa shape index (κ2) is 13.2. The summed E-state index contributed by atoms with van der Waals surface area (Å²) in [6.07, 6.45) is 12.6. The Morgan fingerprint density at radius 1 is 0.696 bits per heavy atom. The number of hydrogen-bond donors (Lipinski definition) is 0. The quantitative estimate of drug-likeness (QED) is 0.417. The number of nitrogens with zero attached hydrogens (tertiary/aromatic N) is 2. The normalized spacial score (nSPS) is 16.8. The van der Waals surface area contributed by atoms with Gasteiger partial charge in [0, 0.05) is 0 Å². The number of unbranched alkanes of at least 4 members (excludes halogenated alkanes) is 2. The third-order valence-electron chi connectivity index (χ3n) is 5.18. The van der Waals surface area contributed by atoms with E-state index in [1.807, 2.05) is 0 Å². The highest BCUT2D eigenvalue weighted by Crippen LogP contribution is 2.11. The topological polar surface area (TPSA) is 6.48 Å². The lowest BCUT2D eigenvalue weighted by Crippen LogP contribution is -2.32. The van der Waals surface area contributed by atoms with Crippen molar-refractivity contribution in [1.29, 1.82) is 0 Å². The summed E-state index contributed by atoms with van der Waals surface area (Å²) in [6.45, 7) is 17.4. The Kier molecular flexibility index (Phi) is 12.1. The molecule has 0 aromatic heterocycles. The molecule has 0 N–H and O–H groups in total. The molecule has 0 atom stereocenters. The lowest BCUT2D eigenvalue weighted by atomic mass is 10.1. The van der Waals surface area contributed by atoms with Crippen LogP contribution in [0.1, 0.15) is 85.5 Å². The Morgan fingerprint density at radius 2 is 1.30 bits per heavy atom. The van der Waals surface area contributed by atoms with Gasteiger partial charge in [-0.05, 0) is 89.6 Å². The standard InChI is InChI=1S/C21H44N2/c1-20(2)12-6-9-16-23(19-13-21(3)4)18-11-10-17-22-14-7-5-8-15-22/h20-21H,5-19H2,1-4H3. The van der Waals surface area contributed by atoms with E-state index in [0.717, 1.165) is 11.8 Å². The zero-order valence-electron chi connectivity index (χ0n) is 16.7. The summed E-state index contributed by atoms with van der Waals surface area (Å²) in [5, 5.41) is 0. The van der Waals surface area contributed by atoms with Crippen molar-refractivity contribution in [3.05, 3.63) is 0 Å². The number of likely N-dealkylation sites (tertiary alicyclic amines) is 1. The van der Waals surface area contributed by atoms with Crippen LogP contribution in [0.2, 0.25) is 0 Å². The predicted octanol–water partition coefficient (Wildman–Crippen LogP) is 5.43. The molecule has 1 rings (SSSR count). The minimum atomic E-state index is 0.835. The molecule has 0 saturated carbocycles. The second-order valence-corrected chi connectivity index (χ2v) is 8.52. The van der Waals surface area contributed by atoms with Crippen molar-refractivity contribution in [3.63, 3.8) is 0 Å². The first-order valence-corrected chi connectivity index (χ1v) is 10.5. The van der Waals surface area contributed by atoms with E-state index in [1.54, 1.807) is 0 Å². The molecule has 1 fully saturated rings. The highest BCUT2D eigenvalue weighted by Gasteiger charge is 2.10. The van der Waals surface area contributed by atoms with E-state index in [0.29, 0.717) is 0 Å². The fourth-order valence-electron chi connectivity index (χ4n) is 3.52. The molecule has 0 radical (unpaired) electrons. The Labute approximate surface area is 147 Å². The molecule has 0 spiro atoms. The second-order valence-electron chi connectivity index (χ2n) is 8.52. The van der Waals surface area contributed by atoms with Crippen LogP contribution >= 0.6 is 0 Å². The first kappa shape index (κ1) is 21.0. The van der Waals surface area contributed by atoms with Crippen molar-refractivity contribution >= 4 is 0 Å². The van der Waals surface area contributed by atoms with E-state index in [2.05, 4.69) is 37.5 Å². The summed E-state index contributed by atoms with van der Waals surface area (Å²) in [4.78, 5) is 5.43. The van der Waals surface area contributed by atoms with E-state index in [9.17, 15) is 0 Å². The molecule has 0 unspecified atom stereocenters. The van der Waals surface area contributed by atoms with Crippen LogP contribution in [0.25, 0.3) is 0 Å². The molecule has 1 aliphatic rings. The lowest BCUT2D eigenvalue weighted by molar-refractivity contribution is 0.209. The molecule has 1 heterocycles. The summed E-state index contributed by atoms with van der Waals surface area (Å²) in [7, 11) is 0. The molecular formula is C21H44N2. The first-order valence-electron chi connectivity index (χ1n) is 10.5. The van der Waals surface area contributed by atoms with Gasteiger partial charge in [0.15, 0.2) is 0 Å². The van der Waals surface area contributed by atoms with Crippen LogP contribution in [0, 0.1) is 11.8 Å². The molecule has 0 aromatic rings. The van der Waals surface area contributed by atoms with Crippen LogP contribution in [-0.2, 0) is 0 Å². The largest absolute Gasteiger partial charge is 0.303 e.